The van der Waals surface area contributed by atoms with Gasteiger partial charge in [0, 0.05) is 6.07 Å². The number of fused-ring (bicyclic) bond motifs is 1. The van der Waals surface area contributed by atoms with Crippen molar-refractivity contribution in [2.45, 2.75) is 25.7 Å². The number of nitrogen functional groups attached to an aromatic ring is 1. The Labute approximate surface area is 113 Å². The van der Waals surface area contributed by atoms with Crippen molar-refractivity contribution in [3.05, 3.63) is 27.7 Å². The molecule has 2 aromatic rings. The molecule has 0 spiro atoms. The van der Waals surface area contributed by atoms with E-state index < -0.39 is 0 Å². The number of phenols is 1. The first kappa shape index (κ1) is 11.6. The van der Waals surface area contributed by atoms with Crippen LogP contribution in [0.3, 0.4) is 0 Å². The fraction of sp³-hybridized carbons (Fsp3) is 0.308. The molecule has 1 aliphatic rings. The van der Waals surface area contributed by atoms with Gasteiger partial charge in [0.25, 0.3) is 0 Å². The molecule has 1 heterocycles. The number of aromatic hydroxyl groups is 1. The lowest BCUT2D eigenvalue weighted by atomic mass is 9.89. The van der Waals surface area contributed by atoms with E-state index in [4.69, 9.17) is 10.3 Å². The number of nitrogens with zero attached hydrogens (tertiary/aromatic N) is 1. The molecular weight excluding hydrogens is 296 g/mol. The molecule has 18 heavy (non-hydrogen) atoms. The number of rotatable bonds is 1. The molecule has 0 saturated carbocycles. The number of aryl methyl sites for hydroxylation is 1. The monoisotopic (exact) mass is 308 g/mol. The Morgan fingerprint density at radius 3 is 2.78 bits per heavy atom. The lowest BCUT2D eigenvalue weighted by molar-refractivity contribution is 0.428. The first-order valence-electron chi connectivity index (χ1n) is 5.92. The van der Waals surface area contributed by atoms with Gasteiger partial charge in [-0.15, -0.1) is 0 Å². The third-order valence-corrected chi connectivity index (χ3v) is 4.21. The normalized spacial score (nSPS) is 14.5. The van der Waals surface area contributed by atoms with Gasteiger partial charge in [0.05, 0.1) is 10.0 Å². The van der Waals surface area contributed by atoms with Gasteiger partial charge in [-0.3, -0.25) is 0 Å². The van der Waals surface area contributed by atoms with Gasteiger partial charge in [0.1, 0.15) is 5.75 Å². The molecule has 0 bridgehead atoms. The van der Waals surface area contributed by atoms with Gasteiger partial charge in [-0.25, -0.2) is 0 Å². The van der Waals surface area contributed by atoms with E-state index in [2.05, 4.69) is 21.1 Å². The predicted molar refractivity (Wildman–Crippen MR) is 72.4 cm³/mol. The molecule has 94 valence electrons. The van der Waals surface area contributed by atoms with Crippen LogP contribution in [0.4, 0.5) is 5.82 Å². The Bertz CT molecular complexity index is 607. The van der Waals surface area contributed by atoms with Crippen molar-refractivity contribution in [1.29, 1.82) is 0 Å². The van der Waals surface area contributed by atoms with E-state index in [1.807, 2.05) is 6.07 Å². The highest BCUT2D eigenvalue weighted by Gasteiger charge is 2.21. The van der Waals surface area contributed by atoms with Gasteiger partial charge in [-0.2, -0.15) is 0 Å². The van der Waals surface area contributed by atoms with Crippen LogP contribution >= 0.6 is 15.9 Å². The number of aromatic nitrogens is 1. The molecule has 0 aliphatic heterocycles. The summed E-state index contributed by atoms with van der Waals surface area (Å²) in [6.45, 7) is 0. The van der Waals surface area contributed by atoms with Crippen molar-refractivity contribution >= 4 is 21.7 Å². The zero-order valence-electron chi connectivity index (χ0n) is 9.74. The van der Waals surface area contributed by atoms with Crippen LogP contribution in [0.1, 0.15) is 24.0 Å². The van der Waals surface area contributed by atoms with Crippen molar-refractivity contribution in [3.8, 4) is 17.1 Å². The number of halogens is 1. The zero-order chi connectivity index (χ0) is 12.7. The minimum Gasteiger partial charge on any atom is -0.506 e. The summed E-state index contributed by atoms with van der Waals surface area (Å²) in [5.41, 5.74) is 8.65. The van der Waals surface area contributed by atoms with Crippen LogP contribution in [-0.4, -0.2) is 10.3 Å². The van der Waals surface area contributed by atoms with Gasteiger partial charge < -0.3 is 15.4 Å². The highest BCUT2D eigenvalue weighted by molar-refractivity contribution is 9.10. The van der Waals surface area contributed by atoms with Crippen LogP contribution in [0.2, 0.25) is 0 Å². The van der Waals surface area contributed by atoms with Crippen LogP contribution in [0.15, 0.2) is 21.1 Å². The van der Waals surface area contributed by atoms with Crippen LogP contribution < -0.4 is 5.73 Å². The van der Waals surface area contributed by atoms with Crippen molar-refractivity contribution in [2.24, 2.45) is 0 Å². The molecule has 1 aromatic carbocycles. The second kappa shape index (κ2) is 4.31. The van der Waals surface area contributed by atoms with E-state index in [1.54, 1.807) is 6.07 Å². The molecule has 0 atom stereocenters. The maximum Gasteiger partial charge on any atom is 0.172 e. The second-order valence-corrected chi connectivity index (χ2v) is 5.34. The molecular formula is C13H13BrN2O2. The third kappa shape index (κ3) is 1.79. The standard InChI is InChI=1S/C13H13BrN2O2/c14-12-8-4-2-1-3-7(8)5-9(13(12)17)10-6-11(15)16-18-10/h5-6,17H,1-4H2,(H2,15,16). The molecule has 5 heteroatoms. The molecule has 1 aliphatic carbocycles. The summed E-state index contributed by atoms with van der Waals surface area (Å²) in [6.07, 6.45) is 4.38. The van der Waals surface area contributed by atoms with Gasteiger partial charge >= 0.3 is 0 Å². The van der Waals surface area contributed by atoms with E-state index in [-0.39, 0.29) is 5.75 Å². The third-order valence-electron chi connectivity index (χ3n) is 3.35. The Morgan fingerprint density at radius 2 is 2.06 bits per heavy atom. The van der Waals surface area contributed by atoms with Gasteiger partial charge in [0.15, 0.2) is 11.6 Å². The Balaban J connectivity index is 2.18. The topological polar surface area (TPSA) is 72.3 Å². The number of nitrogens with two attached hydrogens (primary N) is 1. The molecule has 0 fully saturated rings. The van der Waals surface area contributed by atoms with Crippen LogP contribution in [-0.2, 0) is 12.8 Å². The number of hydrogen-bond acceptors (Lipinski definition) is 4. The zero-order valence-corrected chi connectivity index (χ0v) is 11.3. The number of benzene rings is 1. The number of phenolic OH excluding ortho intramolecular Hbond substituents is 1. The van der Waals surface area contributed by atoms with Gasteiger partial charge in [0.2, 0.25) is 0 Å². The molecule has 0 unspecified atom stereocenters. The molecule has 0 saturated heterocycles. The summed E-state index contributed by atoms with van der Waals surface area (Å²) in [4.78, 5) is 0. The minimum atomic E-state index is 0.201. The first-order chi connectivity index (χ1) is 8.66. The molecule has 0 amide bonds. The summed E-state index contributed by atoms with van der Waals surface area (Å²) < 4.78 is 5.89. The molecule has 0 radical (unpaired) electrons. The maximum absolute atomic E-state index is 10.2. The van der Waals surface area contributed by atoms with Crippen LogP contribution in [0.25, 0.3) is 11.3 Å². The van der Waals surface area contributed by atoms with Gasteiger partial charge in [-0.05, 0) is 58.8 Å². The summed E-state index contributed by atoms with van der Waals surface area (Å²) in [7, 11) is 0. The highest BCUT2D eigenvalue weighted by Crippen LogP contribution is 2.42. The average molecular weight is 309 g/mol. The Kier molecular flexibility index (Phi) is 2.78. The van der Waals surface area contributed by atoms with Crippen molar-refractivity contribution in [3.63, 3.8) is 0 Å². The molecule has 3 rings (SSSR count). The fourth-order valence-corrected chi connectivity index (χ4v) is 3.11. The van der Waals surface area contributed by atoms with Gasteiger partial charge in [-0.1, -0.05) is 5.16 Å². The quantitative estimate of drug-likeness (QED) is 0.848. The lowest BCUT2D eigenvalue weighted by Crippen LogP contribution is -2.04. The van der Waals surface area contributed by atoms with E-state index in [1.165, 1.54) is 24.0 Å². The smallest absolute Gasteiger partial charge is 0.172 e. The largest absolute Gasteiger partial charge is 0.506 e. The van der Waals surface area contributed by atoms with Crippen LogP contribution in [0, 0.1) is 0 Å². The van der Waals surface area contributed by atoms with Crippen molar-refractivity contribution in [1.82, 2.24) is 5.16 Å². The van der Waals surface area contributed by atoms with Crippen molar-refractivity contribution in [2.75, 3.05) is 5.73 Å². The maximum atomic E-state index is 10.2. The van der Waals surface area contributed by atoms with Crippen molar-refractivity contribution < 1.29 is 9.63 Å². The number of hydrogen-bond donors (Lipinski definition) is 2. The first-order valence-corrected chi connectivity index (χ1v) is 6.72. The average Bonchev–Trinajstić information content (AvgIpc) is 2.80. The minimum absolute atomic E-state index is 0.201. The van der Waals surface area contributed by atoms with E-state index in [0.717, 1.165) is 17.3 Å². The van der Waals surface area contributed by atoms with E-state index in [9.17, 15) is 5.11 Å². The van der Waals surface area contributed by atoms with E-state index >= 15 is 0 Å². The second-order valence-electron chi connectivity index (χ2n) is 4.55. The molecule has 3 N–H and O–H groups in total. The fourth-order valence-electron chi connectivity index (χ4n) is 2.45. The molecule has 1 aromatic heterocycles. The molecule has 4 nitrogen and oxygen atoms in total. The van der Waals surface area contributed by atoms with Crippen LogP contribution in [0.5, 0.6) is 5.75 Å². The highest BCUT2D eigenvalue weighted by atomic mass is 79.9. The number of anilines is 1. The summed E-state index contributed by atoms with van der Waals surface area (Å²) in [6, 6.07) is 3.60. The lowest BCUT2D eigenvalue weighted by Gasteiger charge is -2.19. The predicted octanol–water partition coefficient (Wildman–Crippen LogP) is 3.27. The Hall–Kier alpha value is -1.49. The summed E-state index contributed by atoms with van der Waals surface area (Å²) in [5, 5.41) is 13.9. The SMILES string of the molecule is Nc1cc(-c2cc3c(c(Br)c2O)CCCC3)on1. The van der Waals surface area contributed by atoms with E-state index in [0.29, 0.717) is 17.1 Å². The summed E-state index contributed by atoms with van der Waals surface area (Å²) in [5.74, 6) is 1.02. The summed E-state index contributed by atoms with van der Waals surface area (Å²) >= 11 is 3.48. The Morgan fingerprint density at radius 1 is 1.28 bits per heavy atom.